The summed E-state index contributed by atoms with van der Waals surface area (Å²) in [5.41, 5.74) is 3.94. The van der Waals surface area contributed by atoms with Gasteiger partial charge < -0.3 is 20.1 Å². The number of aliphatic carboxylic acids is 1. The number of carboxylic acid groups (broad SMARTS) is 1. The molecule has 7 heteroatoms. The second kappa shape index (κ2) is 12.3. The molecule has 33 heavy (non-hydrogen) atoms. The van der Waals surface area contributed by atoms with Crippen LogP contribution >= 0.6 is 11.8 Å². The van der Waals surface area contributed by atoms with Crippen molar-refractivity contribution in [3.63, 3.8) is 0 Å². The van der Waals surface area contributed by atoms with Gasteiger partial charge in [-0.15, -0.1) is 11.8 Å². The van der Waals surface area contributed by atoms with Crippen molar-refractivity contribution in [2.24, 2.45) is 0 Å². The molecule has 0 aromatic heterocycles. The molecular formula is C26H28FNaO4S. The van der Waals surface area contributed by atoms with Crippen LogP contribution in [0.25, 0.3) is 5.57 Å². The van der Waals surface area contributed by atoms with Gasteiger partial charge in [0.15, 0.2) is 0 Å². The van der Waals surface area contributed by atoms with Crippen molar-refractivity contribution in [2.45, 2.75) is 61.4 Å². The molecule has 0 aliphatic carbocycles. The van der Waals surface area contributed by atoms with Gasteiger partial charge in [0.25, 0.3) is 0 Å². The van der Waals surface area contributed by atoms with Crippen LogP contribution in [-0.4, -0.2) is 33.1 Å². The fourth-order valence-electron chi connectivity index (χ4n) is 4.18. The Hall–Kier alpha value is -1.41. The summed E-state index contributed by atoms with van der Waals surface area (Å²) < 4.78 is 13.4. The molecule has 3 rings (SSSR count). The predicted molar refractivity (Wildman–Crippen MR) is 123 cm³/mol. The first-order valence-corrected chi connectivity index (χ1v) is 11.6. The summed E-state index contributed by atoms with van der Waals surface area (Å²) in [6, 6.07) is 14.5. The Kier molecular flexibility index (Phi) is 10.4. The van der Waals surface area contributed by atoms with E-state index in [4.69, 9.17) is 0 Å². The summed E-state index contributed by atoms with van der Waals surface area (Å²) in [6.45, 7) is 4.25. The SMILES string of the molecule is CCC1(CC)Sc2ccccc2C(c2ccc(F)cc2)=C1/C=C/[C@@H](O)C[C@@H](O)CC(=O)[O-].[Na+]. The number of aliphatic hydroxyl groups excluding tert-OH is 2. The van der Waals surface area contributed by atoms with Crippen molar-refractivity contribution in [3.05, 3.63) is 83.2 Å². The van der Waals surface area contributed by atoms with Gasteiger partial charge in [0.2, 0.25) is 0 Å². The predicted octanol–water partition coefficient (Wildman–Crippen LogP) is 1.10. The second-order valence-electron chi connectivity index (χ2n) is 7.99. The number of carbonyl (C=O) groups excluding carboxylic acids is 1. The number of hydrogen-bond acceptors (Lipinski definition) is 5. The van der Waals surface area contributed by atoms with E-state index in [9.17, 15) is 24.5 Å². The molecule has 0 amide bonds. The van der Waals surface area contributed by atoms with E-state index < -0.39 is 24.6 Å². The number of benzene rings is 2. The van der Waals surface area contributed by atoms with Crippen LogP contribution in [0.2, 0.25) is 0 Å². The normalized spacial score (nSPS) is 16.8. The maximum Gasteiger partial charge on any atom is 1.00 e. The van der Waals surface area contributed by atoms with E-state index in [-0.39, 0.29) is 46.5 Å². The largest absolute Gasteiger partial charge is 1.00 e. The fraction of sp³-hybridized carbons (Fsp3) is 0.346. The molecule has 1 aliphatic heterocycles. The van der Waals surface area contributed by atoms with Crippen LogP contribution in [0.4, 0.5) is 4.39 Å². The second-order valence-corrected chi connectivity index (χ2v) is 9.41. The van der Waals surface area contributed by atoms with Crippen LogP contribution < -0.4 is 34.7 Å². The number of fused-ring (bicyclic) bond motifs is 1. The monoisotopic (exact) mass is 478 g/mol. The zero-order valence-corrected chi connectivity index (χ0v) is 22.1. The van der Waals surface area contributed by atoms with Gasteiger partial charge in [-0.3, -0.25) is 0 Å². The van der Waals surface area contributed by atoms with E-state index in [0.29, 0.717) is 0 Å². The third-order valence-electron chi connectivity index (χ3n) is 5.90. The minimum Gasteiger partial charge on any atom is -0.550 e. The first kappa shape index (κ1) is 27.8. The van der Waals surface area contributed by atoms with E-state index in [1.165, 1.54) is 12.1 Å². The Morgan fingerprint density at radius 1 is 1.12 bits per heavy atom. The molecule has 0 saturated carbocycles. The van der Waals surface area contributed by atoms with Gasteiger partial charge in [-0.2, -0.15) is 0 Å². The van der Waals surface area contributed by atoms with Gasteiger partial charge >= 0.3 is 29.6 Å². The minimum absolute atomic E-state index is 0. The van der Waals surface area contributed by atoms with Gasteiger partial charge in [-0.25, -0.2) is 4.39 Å². The van der Waals surface area contributed by atoms with Crippen LogP contribution in [0.3, 0.4) is 0 Å². The molecule has 4 nitrogen and oxygen atoms in total. The molecule has 170 valence electrons. The van der Waals surface area contributed by atoms with Crippen LogP contribution in [0.5, 0.6) is 0 Å². The maximum atomic E-state index is 13.7. The van der Waals surface area contributed by atoms with Crippen LogP contribution in [0, 0.1) is 5.82 Å². The number of allylic oxidation sites excluding steroid dienone is 1. The van der Waals surface area contributed by atoms with Gasteiger partial charge in [0.1, 0.15) is 5.82 Å². The van der Waals surface area contributed by atoms with Crippen LogP contribution in [0.1, 0.15) is 50.7 Å². The van der Waals surface area contributed by atoms with Crippen molar-refractivity contribution in [3.8, 4) is 0 Å². The van der Waals surface area contributed by atoms with Crippen molar-refractivity contribution < 1.29 is 54.1 Å². The first-order valence-electron chi connectivity index (χ1n) is 10.8. The van der Waals surface area contributed by atoms with Gasteiger partial charge in [-0.1, -0.05) is 56.3 Å². The Bertz CT molecular complexity index is 1020. The molecule has 2 aromatic rings. The summed E-state index contributed by atoms with van der Waals surface area (Å²) >= 11 is 1.79. The zero-order chi connectivity index (χ0) is 23.3. The van der Waals surface area contributed by atoms with Gasteiger partial charge in [0.05, 0.1) is 12.2 Å². The Balaban J connectivity index is 0.00000385. The summed E-state index contributed by atoms with van der Waals surface area (Å²) in [5.74, 6) is -1.66. The Morgan fingerprint density at radius 2 is 1.76 bits per heavy atom. The molecular weight excluding hydrogens is 450 g/mol. The molecule has 0 fully saturated rings. The molecule has 1 aliphatic rings. The number of hydrogen-bond donors (Lipinski definition) is 2. The van der Waals surface area contributed by atoms with Gasteiger partial charge in [-0.05, 0) is 53.3 Å². The number of rotatable bonds is 9. The molecule has 2 aromatic carbocycles. The molecule has 2 N–H and O–H groups in total. The molecule has 0 unspecified atom stereocenters. The van der Waals surface area contributed by atoms with Crippen molar-refractivity contribution in [1.29, 1.82) is 0 Å². The van der Waals surface area contributed by atoms with Crippen molar-refractivity contribution in [1.82, 2.24) is 0 Å². The fourth-order valence-corrected chi connectivity index (χ4v) is 5.60. The number of aliphatic hydroxyl groups is 2. The Morgan fingerprint density at radius 3 is 2.36 bits per heavy atom. The summed E-state index contributed by atoms with van der Waals surface area (Å²) in [7, 11) is 0. The molecule has 0 radical (unpaired) electrons. The third-order valence-corrected chi connectivity index (χ3v) is 7.66. The smallest absolute Gasteiger partial charge is 0.550 e. The molecule has 0 spiro atoms. The standard InChI is InChI=1S/C26H29FO4S.Na/c1-3-26(4-2)22(14-13-19(28)15-20(29)16-24(30)31)25(17-9-11-18(27)12-10-17)21-7-5-6-8-23(21)32-26;/h5-14,19-20,28-29H,3-4,15-16H2,1-2H3,(H,30,31);/q;+1/p-1/b14-13+;/t19-,20-;/m1./s1. The minimum atomic E-state index is -1.36. The van der Waals surface area contributed by atoms with Crippen LogP contribution in [-0.2, 0) is 4.79 Å². The first-order chi connectivity index (χ1) is 15.3. The van der Waals surface area contributed by atoms with E-state index in [2.05, 4.69) is 19.9 Å². The number of carbonyl (C=O) groups is 1. The topological polar surface area (TPSA) is 80.6 Å². The zero-order valence-electron chi connectivity index (χ0n) is 19.3. The van der Waals surface area contributed by atoms with Crippen molar-refractivity contribution >= 4 is 23.3 Å². The van der Waals surface area contributed by atoms with E-state index in [0.717, 1.165) is 40.0 Å². The quantitative estimate of drug-likeness (QED) is 0.528. The maximum absolute atomic E-state index is 13.7. The van der Waals surface area contributed by atoms with Gasteiger partial charge in [0, 0.05) is 28.5 Å². The Labute approximate surface area is 220 Å². The summed E-state index contributed by atoms with van der Waals surface area (Å²) in [6.07, 6.45) is 2.35. The van der Waals surface area contributed by atoms with E-state index >= 15 is 0 Å². The third kappa shape index (κ3) is 6.59. The number of halogens is 1. The summed E-state index contributed by atoms with van der Waals surface area (Å²) in [4.78, 5) is 11.8. The van der Waals surface area contributed by atoms with E-state index in [1.54, 1.807) is 30.0 Å². The molecule has 0 bridgehead atoms. The van der Waals surface area contributed by atoms with Crippen LogP contribution in [0.15, 0.2) is 71.2 Å². The number of carboxylic acids is 1. The molecule has 1 heterocycles. The summed E-state index contributed by atoms with van der Waals surface area (Å²) in [5, 5.41) is 31.0. The van der Waals surface area contributed by atoms with E-state index in [1.807, 2.05) is 24.3 Å². The van der Waals surface area contributed by atoms with Crippen molar-refractivity contribution in [2.75, 3.05) is 0 Å². The number of thioether (sulfide) groups is 1. The molecule has 2 atom stereocenters. The average Bonchev–Trinajstić information content (AvgIpc) is 2.76. The molecule has 0 saturated heterocycles. The average molecular weight is 479 g/mol.